The fraction of sp³-hybridized carbons (Fsp3) is 0.421. The third kappa shape index (κ3) is 3.23. The molecule has 24 heavy (non-hydrogen) atoms. The van der Waals surface area contributed by atoms with Crippen molar-refractivity contribution in [2.45, 2.75) is 31.5 Å². The fourth-order valence-electron chi connectivity index (χ4n) is 3.66. The van der Waals surface area contributed by atoms with Crippen molar-refractivity contribution in [3.63, 3.8) is 0 Å². The number of hydrogen-bond acceptors (Lipinski definition) is 4. The molecule has 1 spiro atoms. The molecule has 3 heterocycles. The summed E-state index contributed by atoms with van der Waals surface area (Å²) in [5.74, 6) is 0.979. The molecule has 1 fully saturated rings. The fourth-order valence-corrected chi connectivity index (χ4v) is 3.66. The first kappa shape index (κ1) is 15.4. The van der Waals surface area contributed by atoms with Crippen LogP contribution in [0, 0.1) is 0 Å². The minimum absolute atomic E-state index is 0.0558. The Bertz CT molecular complexity index is 765. The van der Waals surface area contributed by atoms with Gasteiger partial charge in [-0.15, -0.1) is 0 Å². The van der Waals surface area contributed by atoms with E-state index in [0.717, 1.165) is 57.0 Å². The monoisotopic (exact) mass is 326 g/mol. The highest BCUT2D eigenvalue weighted by Gasteiger charge is 2.39. The van der Waals surface area contributed by atoms with E-state index in [4.69, 9.17) is 9.47 Å². The standard InChI is InChI=1S/C19H22N2O3/c22-18-11-15(5-8-20-18)12-21-13-16-3-1-2-4-17(16)24-19(14-21)6-9-23-10-7-19/h1-5,8,11H,6-7,9-10,12-14H2,(H,20,22). The number of pyridine rings is 1. The second-order valence-electron chi connectivity index (χ2n) is 6.71. The van der Waals surface area contributed by atoms with Gasteiger partial charge in [0.25, 0.3) is 0 Å². The molecule has 5 heteroatoms. The number of hydrogen-bond donors (Lipinski definition) is 1. The van der Waals surface area contributed by atoms with Gasteiger partial charge in [0.2, 0.25) is 5.56 Å². The Morgan fingerprint density at radius 2 is 2.00 bits per heavy atom. The normalized spacial score (nSPS) is 20.2. The molecular weight excluding hydrogens is 304 g/mol. The lowest BCUT2D eigenvalue weighted by molar-refractivity contribution is -0.0594. The summed E-state index contributed by atoms with van der Waals surface area (Å²) in [5, 5.41) is 0. The Labute approximate surface area is 141 Å². The van der Waals surface area contributed by atoms with Crippen molar-refractivity contribution >= 4 is 0 Å². The quantitative estimate of drug-likeness (QED) is 0.920. The van der Waals surface area contributed by atoms with Crippen molar-refractivity contribution in [1.82, 2.24) is 9.88 Å². The summed E-state index contributed by atoms with van der Waals surface area (Å²) >= 11 is 0. The summed E-state index contributed by atoms with van der Waals surface area (Å²) in [6.45, 7) is 3.88. The zero-order valence-corrected chi connectivity index (χ0v) is 13.7. The summed E-state index contributed by atoms with van der Waals surface area (Å²) in [6, 6.07) is 11.9. The number of aromatic amines is 1. The van der Waals surface area contributed by atoms with Gasteiger partial charge in [0, 0.05) is 50.3 Å². The van der Waals surface area contributed by atoms with Crippen molar-refractivity contribution in [2.24, 2.45) is 0 Å². The molecule has 0 unspecified atom stereocenters. The minimum atomic E-state index is -0.202. The number of ether oxygens (including phenoxy) is 2. The lowest BCUT2D eigenvalue weighted by Gasteiger charge is -2.39. The van der Waals surface area contributed by atoms with Crippen molar-refractivity contribution in [3.8, 4) is 5.75 Å². The Balaban J connectivity index is 1.65. The van der Waals surface area contributed by atoms with Crippen LogP contribution in [0.15, 0.2) is 47.4 Å². The van der Waals surface area contributed by atoms with Crippen LogP contribution >= 0.6 is 0 Å². The molecule has 0 atom stereocenters. The summed E-state index contributed by atoms with van der Waals surface area (Å²) < 4.78 is 12.0. The molecule has 0 aliphatic carbocycles. The van der Waals surface area contributed by atoms with Gasteiger partial charge in [0.15, 0.2) is 0 Å². The van der Waals surface area contributed by atoms with E-state index in [-0.39, 0.29) is 11.2 Å². The Morgan fingerprint density at radius 1 is 1.17 bits per heavy atom. The van der Waals surface area contributed by atoms with Gasteiger partial charge in [-0.05, 0) is 17.7 Å². The molecule has 4 rings (SSSR count). The summed E-state index contributed by atoms with van der Waals surface area (Å²) in [4.78, 5) is 16.6. The largest absolute Gasteiger partial charge is 0.485 e. The minimum Gasteiger partial charge on any atom is -0.485 e. The third-order valence-electron chi connectivity index (χ3n) is 4.85. The molecule has 0 bridgehead atoms. The smallest absolute Gasteiger partial charge is 0.248 e. The number of nitrogens with one attached hydrogen (secondary N) is 1. The topological polar surface area (TPSA) is 54.6 Å². The van der Waals surface area contributed by atoms with E-state index in [1.165, 1.54) is 5.56 Å². The molecule has 2 aliphatic heterocycles. The number of rotatable bonds is 2. The number of para-hydroxylation sites is 1. The van der Waals surface area contributed by atoms with Gasteiger partial charge in [-0.3, -0.25) is 9.69 Å². The first-order valence-electron chi connectivity index (χ1n) is 8.47. The van der Waals surface area contributed by atoms with E-state index in [0.29, 0.717) is 0 Å². The molecule has 2 aliphatic rings. The van der Waals surface area contributed by atoms with Gasteiger partial charge >= 0.3 is 0 Å². The highest BCUT2D eigenvalue weighted by Crippen LogP contribution is 2.35. The van der Waals surface area contributed by atoms with Crippen molar-refractivity contribution in [1.29, 1.82) is 0 Å². The van der Waals surface area contributed by atoms with Crippen LogP contribution in [0.1, 0.15) is 24.0 Å². The number of nitrogens with zero attached hydrogens (tertiary/aromatic N) is 1. The molecule has 2 aromatic rings. The van der Waals surface area contributed by atoms with Crippen LogP contribution in [0.25, 0.3) is 0 Å². The molecule has 0 amide bonds. The van der Waals surface area contributed by atoms with Crippen LogP contribution in [0.2, 0.25) is 0 Å². The van der Waals surface area contributed by atoms with E-state index in [1.54, 1.807) is 12.3 Å². The summed E-state index contributed by atoms with van der Waals surface area (Å²) in [6.07, 6.45) is 3.50. The van der Waals surface area contributed by atoms with Crippen LogP contribution < -0.4 is 10.3 Å². The summed E-state index contributed by atoms with van der Waals surface area (Å²) in [5.41, 5.74) is 1.97. The molecule has 1 N–H and O–H groups in total. The van der Waals surface area contributed by atoms with Crippen molar-refractivity contribution < 1.29 is 9.47 Å². The van der Waals surface area contributed by atoms with Gasteiger partial charge in [-0.25, -0.2) is 0 Å². The Morgan fingerprint density at radius 3 is 2.83 bits per heavy atom. The Kier molecular flexibility index (Phi) is 4.12. The lowest BCUT2D eigenvalue weighted by atomic mass is 9.93. The number of aromatic nitrogens is 1. The molecule has 1 aromatic heterocycles. The average molecular weight is 326 g/mol. The first-order valence-corrected chi connectivity index (χ1v) is 8.47. The third-order valence-corrected chi connectivity index (χ3v) is 4.85. The lowest BCUT2D eigenvalue weighted by Crippen LogP contribution is -2.49. The molecule has 126 valence electrons. The van der Waals surface area contributed by atoms with E-state index in [1.807, 2.05) is 12.1 Å². The van der Waals surface area contributed by atoms with E-state index >= 15 is 0 Å². The number of fused-ring (bicyclic) bond motifs is 1. The molecule has 0 radical (unpaired) electrons. The maximum absolute atomic E-state index is 11.6. The SMILES string of the molecule is O=c1cc(CN2Cc3ccccc3OC3(CCOCC3)C2)cc[nH]1. The highest BCUT2D eigenvalue weighted by atomic mass is 16.5. The predicted octanol–water partition coefficient (Wildman–Crippen LogP) is 2.32. The summed E-state index contributed by atoms with van der Waals surface area (Å²) in [7, 11) is 0. The highest BCUT2D eigenvalue weighted by molar-refractivity contribution is 5.35. The molecule has 5 nitrogen and oxygen atoms in total. The molecule has 1 saturated heterocycles. The average Bonchev–Trinajstić information content (AvgIpc) is 2.71. The second-order valence-corrected chi connectivity index (χ2v) is 6.71. The maximum atomic E-state index is 11.6. The molecule has 1 aromatic carbocycles. The second kappa shape index (κ2) is 6.42. The Hall–Kier alpha value is -2.11. The van der Waals surface area contributed by atoms with Crippen LogP contribution in [0.4, 0.5) is 0 Å². The van der Waals surface area contributed by atoms with Gasteiger partial charge in [0.05, 0.1) is 13.2 Å². The first-order chi connectivity index (χ1) is 11.7. The van der Waals surface area contributed by atoms with Crippen LogP contribution in [0.5, 0.6) is 5.75 Å². The van der Waals surface area contributed by atoms with Crippen LogP contribution in [-0.2, 0) is 17.8 Å². The van der Waals surface area contributed by atoms with Crippen molar-refractivity contribution in [3.05, 3.63) is 64.1 Å². The maximum Gasteiger partial charge on any atom is 0.248 e. The zero-order chi connectivity index (χ0) is 16.4. The van der Waals surface area contributed by atoms with E-state index < -0.39 is 0 Å². The van der Waals surface area contributed by atoms with E-state index in [9.17, 15) is 4.79 Å². The van der Waals surface area contributed by atoms with Gasteiger partial charge < -0.3 is 14.5 Å². The van der Waals surface area contributed by atoms with Crippen LogP contribution in [0.3, 0.4) is 0 Å². The predicted molar refractivity (Wildman–Crippen MR) is 91.0 cm³/mol. The van der Waals surface area contributed by atoms with Gasteiger partial charge in [0.1, 0.15) is 11.4 Å². The van der Waals surface area contributed by atoms with Crippen molar-refractivity contribution in [2.75, 3.05) is 19.8 Å². The number of H-pyrrole nitrogens is 1. The van der Waals surface area contributed by atoms with Crippen LogP contribution in [-0.4, -0.2) is 35.2 Å². The van der Waals surface area contributed by atoms with Gasteiger partial charge in [-0.1, -0.05) is 18.2 Å². The van der Waals surface area contributed by atoms with E-state index in [2.05, 4.69) is 28.1 Å². The molecule has 0 saturated carbocycles. The molecular formula is C19H22N2O3. The zero-order valence-electron chi connectivity index (χ0n) is 13.7. The number of benzene rings is 1. The van der Waals surface area contributed by atoms with Gasteiger partial charge in [-0.2, -0.15) is 0 Å².